The van der Waals surface area contributed by atoms with Crippen LogP contribution in [0.15, 0.2) is 18.2 Å². The molecular weight excluding hydrogens is 250 g/mol. The van der Waals surface area contributed by atoms with Crippen molar-refractivity contribution in [3.05, 3.63) is 29.3 Å². The van der Waals surface area contributed by atoms with Crippen LogP contribution in [0.2, 0.25) is 0 Å². The lowest BCUT2D eigenvalue weighted by molar-refractivity contribution is 0.105. The van der Waals surface area contributed by atoms with Gasteiger partial charge in [0.15, 0.2) is 0 Å². The number of likely N-dealkylation sites (tertiary alicyclic amines) is 1. The number of nitrogens with zero attached hydrogens (tertiary/aromatic N) is 1. The van der Waals surface area contributed by atoms with Crippen LogP contribution in [0.3, 0.4) is 0 Å². The lowest BCUT2D eigenvalue weighted by Crippen LogP contribution is -2.41. The van der Waals surface area contributed by atoms with Crippen molar-refractivity contribution in [2.75, 3.05) is 13.7 Å². The molecule has 2 aliphatic rings. The minimum atomic E-state index is 0.737. The van der Waals surface area contributed by atoms with Crippen LogP contribution in [0.25, 0.3) is 0 Å². The fourth-order valence-electron chi connectivity index (χ4n) is 3.97. The molecule has 108 valence electrons. The molecule has 2 atom stereocenters. The summed E-state index contributed by atoms with van der Waals surface area (Å²) in [6, 6.07) is 6.46. The Labute approximate surface area is 120 Å². The van der Waals surface area contributed by atoms with Crippen LogP contribution in [0.5, 0.6) is 5.75 Å². The van der Waals surface area contributed by atoms with Gasteiger partial charge in [-0.15, -0.1) is 0 Å². The Morgan fingerprint density at radius 2 is 2.15 bits per heavy atom. The fraction of sp³-hybridized carbons (Fsp3) is 0.588. The topological polar surface area (TPSA) is 29.5 Å². The minimum Gasteiger partial charge on any atom is -0.496 e. The van der Waals surface area contributed by atoms with Crippen LogP contribution in [-0.2, 0) is 6.54 Å². The smallest absolute Gasteiger partial charge is 0.150 e. The Bertz CT molecular complexity index is 486. The van der Waals surface area contributed by atoms with E-state index >= 15 is 0 Å². The first-order valence-electron chi connectivity index (χ1n) is 7.68. The second-order valence-electron chi connectivity index (χ2n) is 6.06. The number of carbonyl (C=O) groups is 1. The molecule has 0 radical (unpaired) electrons. The van der Waals surface area contributed by atoms with Gasteiger partial charge in [-0.2, -0.15) is 0 Å². The summed E-state index contributed by atoms with van der Waals surface area (Å²) in [5.74, 6) is 1.79. The molecule has 3 nitrogen and oxygen atoms in total. The van der Waals surface area contributed by atoms with Gasteiger partial charge in [0.1, 0.15) is 12.0 Å². The predicted molar refractivity (Wildman–Crippen MR) is 79.2 cm³/mol. The number of benzene rings is 1. The van der Waals surface area contributed by atoms with E-state index in [1.165, 1.54) is 38.6 Å². The Balaban J connectivity index is 1.80. The zero-order chi connectivity index (χ0) is 13.9. The first-order chi connectivity index (χ1) is 9.81. The zero-order valence-corrected chi connectivity index (χ0v) is 12.2. The van der Waals surface area contributed by atoms with Crippen molar-refractivity contribution in [2.45, 2.75) is 44.7 Å². The molecule has 1 saturated carbocycles. The molecule has 1 heterocycles. The summed E-state index contributed by atoms with van der Waals surface area (Å²) in [6.45, 7) is 2.08. The van der Waals surface area contributed by atoms with Crippen LogP contribution in [0.1, 0.15) is 48.0 Å². The molecule has 20 heavy (non-hydrogen) atoms. The minimum absolute atomic E-state index is 0.737. The standard InChI is InChI=1S/C17H23NO2/c1-20-17-8-7-13(12-19)10-15(17)11-18-9-3-5-14-4-2-6-16(14)18/h7-8,10,12,14,16H,2-6,9,11H2,1H3. The van der Waals surface area contributed by atoms with Crippen LogP contribution >= 0.6 is 0 Å². The van der Waals surface area contributed by atoms with Gasteiger partial charge >= 0.3 is 0 Å². The highest BCUT2D eigenvalue weighted by Crippen LogP contribution is 2.38. The van der Waals surface area contributed by atoms with E-state index in [-0.39, 0.29) is 0 Å². The normalized spacial score (nSPS) is 26.2. The first kappa shape index (κ1) is 13.6. The van der Waals surface area contributed by atoms with E-state index in [2.05, 4.69) is 4.90 Å². The van der Waals surface area contributed by atoms with Gasteiger partial charge in [-0.05, 0) is 56.3 Å². The van der Waals surface area contributed by atoms with Crippen molar-refractivity contribution in [2.24, 2.45) is 5.92 Å². The van der Waals surface area contributed by atoms with E-state index in [0.29, 0.717) is 0 Å². The highest BCUT2D eigenvalue weighted by molar-refractivity contribution is 5.75. The van der Waals surface area contributed by atoms with Gasteiger partial charge in [0, 0.05) is 23.7 Å². The summed E-state index contributed by atoms with van der Waals surface area (Å²) in [5, 5.41) is 0. The van der Waals surface area contributed by atoms with Crippen LogP contribution in [-0.4, -0.2) is 30.9 Å². The van der Waals surface area contributed by atoms with Crippen LogP contribution in [0.4, 0.5) is 0 Å². The molecule has 3 rings (SSSR count). The Morgan fingerprint density at radius 3 is 2.95 bits per heavy atom. The molecule has 0 bridgehead atoms. The third-order valence-electron chi connectivity index (χ3n) is 4.92. The van der Waals surface area contributed by atoms with E-state index < -0.39 is 0 Å². The molecule has 2 unspecified atom stereocenters. The highest BCUT2D eigenvalue weighted by atomic mass is 16.5. The van der Waals surface area contributed by atoms with Crippen molar-refractivity contribution in [3.8, 4) is 5.75 Å². The van der Waals surface area contributed by atoms with Gasteiger partial charge in [-0.1, -0.05) is 6.42 Å². The maximum atomic E-state index is 11.0. The maximum absolute atomic E-state index is 11.0. The van der Waals surface area contributed by atoms with Gasteiger partial charge in [-0.3, -0.25) is 9.69 Å². The van der Waals surface area contributed by atoms with Gasteiger partial charge in [0.2, 0.25) is 0 Å². The van der Waals surface area contributed by atoms with E-state index in [4.69, 9.17) is 4.74 Å². The lowest BCUT2D eigenvalue weighted by Gasteiger charge is -2.38. The number of piperidine rings is 1. The van der Waals surface area contributed by atoms with Crippen molar-refractivity contribution in [3.63, 3.8) is 0 Å². The highest BCUT2D eigenvalue weighted by Gasteiger charge is 2.34. The average molecular weight is 273 g/mol. The van der Waals surface area contributed by atoms with Gasteiger partial charge < -0.3 is 4.74 Å². The molecule has 1 aliphatic carbocycles. The number of fused-ring (bicyclic) bond motifs is 1. The third-order valence-corrected chi connectivity index (χ3v) is 4.92. The number of hydrogen-bond acceptors (Lipinski definition) is 3. The lowest BCUT2D eigenvalue weighted by atomic mass is 9.91. The Kier molecular flexibility index (Phi) is 4.06. The first-order valence-corrected chi connectivity index (χ1v) is 7.68. The quantitative estimate of drug-likeness (QED) is 0.789. The number of ether oxygens (including phenoxy) is 1. The number of hydrogen-bond donors (Lipinski definition) is 0. The van der Waals surface area contributed by atoms with Gasteiger partial charge in [0.05, 0.1) is 7.11 Å². The molecule has 2 fully saturated rings. The molecule has 1 aliphatic heterocycles. The Morgan fingerprint density at radius 1 is 1.30 bits per heavy atom. The second-order valence-corrected chi connectivity index (χ2v) is 6.06. The molecule has 0 aromatic heterocycles. The number of rotatable bonds is 4. The van der Waals surface area contributed by atoms with E-state index in [0.717, 1.165) is 41.7 Å². The number of carbonyl (C=O) groups excluding carboxylic acids is 1. The monoisotopic (exact) mass is 273 g/mol. The average Bonchev–Trinajstić information content (AvgIpc) is 2.96. The van der Waals surface area contributed by atoms with Crippen molar-refractivity contribution >= 4 is 6.29 Å². The van der Waals surface area contributed by atoms with E-state index in [9.17, 15) is 4.79 Å². The molecule has 0 spiro atoms. The number of aldehydes is 1. The molecule has 3 heteroatoms. The summed E-state index contributed by atoms with van der Waals surface area (Å²) < 4.78 is 5.46. The number of methoxy groups -OCH3 is 1. The molecular formula is C17H23NO2. The largest absolute Gasteiger partial charge is 0.496 e. The van der Waals surface area contributed by atoms with Crippen molar-refractivity contribution in [1.82, 2.24) is 4.90 Å². The SMILES string of the molecule is COc1ccc(C=O)cc1CN1CCCC2CCCC21. The Hall–Kier alpha value is -1.35. The summed E-state index contributed by atoms with van der Waals surface area (Å²) >= 11 is 0. The second kappa shape index (κ2) is 5.96. The maximum Gasteiger partial charge on any atom is 0.150 e. The summed E-state index contributed by atoms with van der Waals surface area (Å²) in [5.41, 5.74) is 1.88. The molecule has 0 amide bonds. The molecule has 0 N–H and O–H groups in total. The van der Waals surface area contributed by atoms with Crippen LogP contribution < -0.4 is 4.74 Å². The van der Waals surface area contributed by atoms with E-state index in [1.807, 2.05) is 18.2 Å². The molecule has 1 aromatic carbocycles. The summed E-state index contributed by atoms with van der Waals surface area (Å²) in [4.78, 5) is 13.6. The van der Waals surface area contributed by atoms with Gasteiger partial charge in [0.25, 0.3) is 0 Å². The molecule has 1 aromatic rings. The fourth-order valence-corrected chi connectivity index (χ4v) is 3.97. The summed E-state index contributed by atoms with van der Waals surface area (Å²) in [6.07, 6.45) is 7.71. The summed E-state index contributed by atoms with van der Waals surface area (Å²) in [7, 11) is 1.70. The predicted octanol–water partition coefficient (Wildman–Crippen LogP) is 3.27. The zero-order valence-electron chi connectivity index (χ0n) is 12.2. The van der Waals surface area contributed by atoms with E-state index in [1.54, 1.807) is 7.11 Å². The van der Waals surface area contributed by atoms with Crippen LogP contribution in [0, 0.1) is 5.92 Å². The van der Waals surface area contributed by atoms with Crippen molar-refractivity contribution in [1.29, 1.82) is 0 Å². The molecule has 1 saturated heterocycles. The van der Waals surface area contributed by atoms with Crippen molar-refractivity contribution < 1.29 is 9.53 Å². The van der Waals surface area contributed by atoms with Gasteiger partial charge in [-0.25, -0.2) is 0 Å². The third kappa shape index (κ3) is 2.59.